The zero-order valence-corrected chi connectivity index (χ0v) is 47.2. The van der Waals surface area contributed by atoms with Crippen LogP contribution in [0.15, 0.2) is 0 Å². The lowest BCUT2D eigenvalue weighted by atomic mass is 9.96. The fraction of sp³-hybridized carbons (Fsp3) is 0.953. The van der Waals surface area contributed by atoms with E-state index >= 15 is 0 Å². The molecular weight excluding hydrogens is 1250 g/mol. The maximum Gasteiger partial charge on any atom is 0.469 e. The molecule has 0 spiro atoms. The second-order valence-corrected chi connectivity index (χ2v) is 23.0. The van der Waals surface area contributed by atoms with Crippen molar-refractivity contribution in [1.29, 1.82) is 0 Å². The van der Waals surface area contributed by atoms with Gasteiger partial charge in [0.15, 0.2) is 37.7 Å². The maximum absolute atomic E-state index is 12.4. The first-order valence-corrected chi connectivity index (χ1v) is 29.5. The van der Waals surface area contributed by atoms with Crippen LogP contribution < -0.4 is 10.9 Å². The van der Waals surface area contributed by atoms with E-state index in [4.69, 9.17) is 66.6 Å². The number of ether oxygens (including phenoxy) is 13. The molecule has 0 aromatic heterocycles. The fourth-order valence-electron chi connectivity index (χ4n) is 9.50. The molecule has 6 rings (SSSR count). The average molecular weight is 1320 g/mol. The summed E-state index contributed by atoms with van der Waals surface area (Å²) in [4.78, 5) is 60.9. The lowest BCUT2D eigenvalue weighted by molar-refractivity contribution is -0.391. The number of phosphoric acid groups is 2. The van der Waals surface area contributed by atoms with Gasteiger partial charge in [0.1, 0.15) is 153 Å². The molecule has 0 radical (unpaired) electrons. The third kappa shape index (κ3) is 19.3. The smallest absolute Gasteiger partial charge is 0.394 e. The molecule has 6 fully saturated rings. The van der Waals surface area contributed by atoms with Gasteiger partial charge < -0.3 is 168 Å². The highest BCUT2D eigenvalue weighted by Crippen LogP contribution is 2.40. The second-order valence-electron chi connectivity index (χ2n) is 20.5. The topological polar surface area (TPSA) is 656 Å². The standard InChI is InChI=1S/C43H76N2O40P2/c1-71-11-19(49)45-44-18(48)3-2-4-72-39-34(64)35(83-43-37(30(60)21(51)13(6-47)78-43)85-41-33(63)28(58)24(54)17(82-41)10-76-87(68,69)70)25(55)15(80-39)8-73-38-31(61)26(56)22(52)14(79-38)7-74-42-36(29(59)20(50)12(5-46)77-42)84-40-32(62)27(57)23(53)16(81-40)9-75-86(65,66)67/h12-17,20-43,46-47,50-64H,2-11H2,1H3,(H,44,48)(H,45,49)(H2,65,66,67)(H2,68,69,70)/t12?,13?,14?,15?,16?,17?,20-,21-,22-,23-,24-,25-,26?,27?,28?,29?,30?,31-,32-,33-,34-,35?,36-,37-,38+,39+,40-,41-,42+,43-/m1/s1. The minimum atomic E-state index is -5.24. The summed E-state index contributed by atoms with van der Waals surface area (Å²) in [6.45, 7) is -7.09. The summed E-state index contributed by atoms with van der Waals surface area (Å²) in [6.07, 6.45) is -62.4. The van der Waals surface area contributed by atoms with Crippen LogP contribution in [0.25, 0.3) is 0 Å². The molecule has 508 valence electrons. The van der Waals surface area contributed by atoms with Crippen LogP contribution in [0.1, 0.15) is 12.8 Å². The van der Waals surface area contributed by atoms with Gasteiger partial charge in [0, 0.05) is 13.5 Å². The number of rotatable bonds is 27. The number of carbonyl (C=O) groups is 2. The summed E-state index contributed by atoms with van der Waals surface area (Å²) >= 11 is 0. The fourth-order valence-corrected chi connectivity index (χ4v) is 10.2. The van der Waals surface area contributed by atoms with Gasteiger partial charge in [0.05, 0.1) is 46.2 Å². The molecule has 2 amide bonds. The zero-order chi connectivity index (χ0) is 64.6. The van der Waals surface area contributed by atoms with Crippen LogP contribution in [0.4, 0.5) is 0 Å². The predicted molar refractivity (Wildman–Crippen MR) is 262 cm³/mol. The number of aliphatic hydroxyl groups excluding tert-OH is 17. The van der Waals surface area contributed by atoms with Gasteiger partial charge in [0.25, 0.3) is 5.91 Å². The molecule has 12 unspecified atom stereocenters. The largest absolute Gasteiger partial charge is 0.469 e. The van der Waals surface area contributed by atoms with Gasteiger partial charge in [-0.3, -0.25) is 29.5 Å². The molecule has 6 aliphatic rings. The molecule has 6 heterocycles. The molecular formula is C43H76N2O40P2. The Bertz CT molecular complexity index is 2230. The van der Waals surface area contributed by atoms with E-state index in [-0.39, 0.29) is 12.8 Å². The van der Waals surface area contributed by atoms with Crippen molar-refractivity contribution in [1.82, 2.24) is 10.9 Å². The number of amides is 2. The van der Waals surface area contributed by atoms with Crippen LogP contribution in [0.3, 0.4) is 0 Å². The number of phosphoric ester groups is 2. The number of hydrazine groups is 1. The lowest BCUT2D eigenvalue weighted by Gasteiger charge is -2.48. The lowest BCUT2D eigenvalue weighted by Crippen LogP contribution is -2.67. The highest BCUT2D eigenvalue weighted by molar-refractivity contribution is 7.46. The molecule has 0 bridgehead atoms. The minimum absolute atomic E-state index is 0.172. The summed E-state index contributed by atoms with van der Waals surface area (Å²) in [7, 11) is -9.22. The van der Waals surface area contributed by atoms with E-state index in [2.05, 4.69) is 24.6 Å². The van der Waals surface area contributed by atoms with Gasteiger partial charge >= 0.3 is 15.6 Å². The van der Waals surface area contributed by atoms with Crippen LogP contribution in [0, 0.1) is 0 Å². The number of hydrogen-bond donors (Lipinski definition) is 23. The van der Waals surface area contributed by atoms with Crippen LogP contribution in [0.5, 0.6) is 0 Å². The van der Waals surface area contributed by atoms with Crippen molar-refractivity contribution in [3.8, 4) is 0 Å². The molecule has 30 atom stereocenters. The minimum Gasteiger partial charge on any atom is -0.394 e. The molecule has 44 heteroatoms. The van der Waals surface area contributed by atoms with Crippen molar-refractivity contribution < 1.29 is 196 Å². The van der Waals surface area contributed by atoms with Crippen molar-refractivity contribution >= 4 is 27.5 Å². The molecule has 6 aliphatic heterocycles. The quantitative estimate of drug-likeness (QED) is 0.0206. The monoisotopic (exact) mass is 1320 g/mol. The van der Waals surface area contributed by atoms with E-state index in [0.717, 1.165) is 0 Å². The summed E-state index contributed by atoms with van der Waals surface area (Å²) < 4.78 is 104. The molecule has 6 saturated heterocycles. The van der Waals surface area contributed by atoms with E-state index < -0.39 is 265 Å². The van der Waals surface area contributed by atoms with E-state index in [9.17, 15) is 115 Å². The van der Waals surface area contributed by atoms with Crippen molar-refractivity contribution in [2.24, 2.45) is 0 Å². The van der Waals surface area contributed by atoms with Crippen molar-refractivity contribution in [2.45, 2.75) is 197 Å². The highest BCUT2D eigenvalue weighted by Gasteiger charge is 2.57. The first-order valence-electron chi connectivity index (χ1n) is 26.4. The molecule has 87 heavy (non-hydrogen) atoms. The van der Waals surface area contributed by atoms with Crippen LogP contribution in [-0.4, -0.2) is 362 Å². The van der Waals surface area contributed by atoms with E-state index in [0.29, 0.717) is 0 Å². The van der Waals surface area contributed by atoms with Gasteiger partial charge in [-0.2, -0.15) is 0 Å². The molecule has 0 saturated carbocycles. The van der Waals surface area contributed by atoms with Crippen LogP contribution in [-0.2, 0) is 89.3 Å². The number of hydrogen-bond acceptors (Lipinski definition) is 36. The third-order valence-corrected chi connectivity index (χ3v) is 15.3. The van der Waals surface area contributed by atoms with Crippen LogP contribution >= 0.6 is 15.6 Å². The molecule has 0 aromatic carbocycles. The Morgan fingerprint density at radius 3 is 1.21 bits per heavy atom. The second kappa shape index (κ2) is 32.7. The van der Waals surface area contributed by atoms with Gasteiger partial charge in [0.2, 0.25) is 5.91 Å². The average Bonchev–Trinajstić information content (AvgIpc) is 1.28. The maximum atomic E-state index is 12.4. The Morgan fingerprint density at radius 1 is 0.391 bits per heavy atom. The molecule has 0 aliphatic carbocycles. The summed E-state index contributed by atoms with van der Waals surface area (Å²) in [5.41, 5.74) is 4.19. The number of methoxy groups -OCH3 is 1. The Kier molecular flexibility index (Phi) is 27.8. The van der Waals surface area contributed by atoms with Crippen molar-refractivity contribution in [3.05, 3.63) is 0 Å². The first kappa shape index (κ1) is 74.0. The Hall–Kier alpha value is -2.04. The van der Waals surface area contributed by atoms with Crippen molar-refractivity contribution in [2.75, 3.05) is 60.0 Å². The predicted octanol–water partition coefficient (Wildman–Crippen LogP) is -14.3. The number of nitrogens with one attached hydrogen (secondary N) is 2. The Balaban J connectivity index is 1.20. The van der Waals surface area contributed by atoms with Gasteiger partial charge in [-0.05, 0) is 6.42 Å². The molecule has 0 aromatic rings. The number of aliphatic hydroxyl groups is 17. The zero-order valence-electron chi connectivity index (χ0n) is 45.4. The molecule has 42 nitrogen and oxygen atoms in total. The van der Waals surface area contributed by atoms with Crippen molar-refractivity contribution in [3.63, 3.8) is 0 Å². The SMILES string of the molecule is COCC(=O)NNC(=O)CCCO[C@H]1OC(CO[C@H]2OC(CO[C@H]3OC(CO)[C@@H](O)C(O)[C@H]3O[C@H]3OC(COP(=O)(O)O)[C@@H](O)C(O)[C@H]3O)[C@@H](O)C(O)[C@H]2O)[C@@H](O)C(O[C@H]2OC(CO)[C@@H](O)C(O)[C@H]2O[C@H]2OC(COP(=O)(O)O)[C@@H](O)C(O)[C@H]2O)[C@H]1O. The number of carbonyl (C=O) groups excluding carboxylic acids is 2. The summed E-state index contributed by atoms with van der Waals surface area (Å²) in [6, 6.07) is 0. The van der Waals surface area contributed by atoms with E-state index in [1.807, 2.05) is 0 Å². The van der Waals surface area contributed by atoms with Gasteiger partial charge in [-0.25, -0.2) is 9.13 Å². The third-order valence-electron chi connectivity index (χ3n) is 14.3. The Morgan fingerprint density at radius 2 is 0.747 bits per heavy atom. The summed E-state index contributed by atoms with van der Waals surface area (Å²) in [5, 5.41) is 184. The van der Waals surface area contributed by atoms with Gasteiger partial charge in [-0.15, -0.1) is 0 Å². The highest BCUT2D eigenvalue weighted by atomic mass is 31.2. The first-order chi connectivity index (χ1) is 40.8. The normalized spacial score (nSPS) is 44.1. The summed E-state index contributed by atoms with van der Waals surface area (Å²) in [5.74, 6) is -1.45. The van der Waals surface area contributed by atoms with Gasteiger partial charge in [-0.1, -0.05) is 0 Å². The Labute approximate surface area is 490 Å². The van der Waals surface area contributed by atoms with Crippen LogP contribution in [0.2, 0.25) is 0 Å². The van der Waals surface area contributed by atoms with E-state index in [1.54, 1.807) is 0 Å². The van der Waals surface area contributed by atoms with E-state index in [1.165, 1.54) is 7.11 Å². The molecule has 23 N–H and O–H groups in total.